The highest BCUT2D eigenvalue weighted by atomic mass is 16.5. The molecule has 2 aliphatic rings. The van der Waals surface area contributed by atoms with E-state index in [0.29, 0.717) is 13.2 Å². The lowest BCUT2D eigenvalue weighted by Gasteiger charge is -2.37. The second kappa shape index (κ2) is 11.0. The molecule has 0 saturated carbocycles. The molecular weight excluding hydrogens is 464 g/mol. The first-order valence-electron chi connectivity index (χ1n) is 13.7. The molecule has 5 rings (SSSR count). The van der Waals surface area contributed by atoms with Gasteiger partial charge >= 0.3 is 5.97 Å². The van der Waals surface area contributed by atoms with Crippen LogP contribution < -0.4 is 4.90 Å². The molecule has 0 spiro atoms. The maximum atomic E-state index is 13.4. The zero-order valence-corrected chi connectivity index (χ0v) is 22.3. The average Bonchev–Trinajstić information content (AvgIpc) is 3.29. The van der Waals surface area contributed by atoms with Crippen molar-refractivity contribution in [2.45, 2.75) is 53.0 Å². The zero-order chi connectivity index (χ0) is 25.9. The number of imidazole rings is 1. The molecule has 196 valence electrons. The number of piperidine rings is 2. The number of likely N-dealkylation sites (tertiary alicyclic amines) is 1. The first kappa shape index (κ1) is 25.3. The van der Waals surface area contributed by atoms with E-state index in [2.05, 4.69) is 59.7 Å². The van der Waals surface area contributed by atoms with Crippen LogP contribution in [0.4, 0.5) is 5.95 Å². The molecule has 1 atom stereocenters. The van der Waals surface area contributed by atoms with Gasteiger partial charge in [-0.25, -0.2) is 4.98 Å². The smallest absolute Gasteiger partial charge is 0.310 e. The fourth-order valence-electron chi connectivity index (χ4n) is 5.82. The number of esters is 1. The second-order valence-corrected chi connectivity index (χ2v) is 10.6. The molecule has 1 amide bonds. The molecule has 7 heteroatoms. The fourth-order valence-corrected chi connectivity index (χ4v) is 5.82. The number of aryl methyl sites for hydroxylation is 2. The predicted octanol–water partition coefficient (Wildman–Crippen LogP) is 4.72. The topological polar surface area (TPSA) is 67.7 Å². The minimum atomic E-state index is -0.192. The van der Waals surface area contributed by atoms with E-state index in [0.717, 1.165) is 68.8 Å². The molecule has 2 aliphatic heterocycles. The van der Waals surface area contributed by atoms with Gasteiger partial charge in [0.25, 0.3) is 0 Å². The van der Waals surface area contributed by atoms with Gasteiger partial charge in [0.1, 0.15) is 0 Å². The van der Waals surface area contributed by atoms with Crippen LogP contribution in [0.2, 0.25) is 0 Å². The van der Waals surface area contributed by atoms with Gasteiger partial charge in [-0.05, 0) is 69.7 Å². The van der Waals surface area contributed by atoms with E-state index in [1.54, 1.807) is 0 Å². The normalized spacial score (nSPS) is 18.8. The van der Waals surface area contributed by atoms with Crippen molar-refractivity contribution in [2.75, 3.05) is 37.7 Å². The lowest BCUT2D eigenvalue weighted by molar-refractivity contribution is -0.152. The van der Waals surface area contributed by atoms with Gasteiger partial charge in [0.05, 0.1) is 30.1 Å². The van der Waals surface area contributed by atoms with Crippen molar-refractivity contribution in [1.29, 1.82) is 0 Å². The number of amides is 1. The van der Waals surface area contributed by atoms with Crippen LogP contribution in [-0.4, -0.2) is 59.1 Å². The number of hydrogen-bond acceptors (Lipinski definition) is 5. The molecule has 2 aromatic carbocycles. The Morgan fingerprint density at radius 2 is 1.78 bits per heavy atom. The number of fused-ring (bicyclic) bond motifs is 1. The largest absolute Gasteiger partial charge is 0.466 e. The molecule has 0 radical (unpaired) electrons. The molecule has 0 N–H and O–H groups in total. The number of rotatable bonds is 6. The Kier molecular flexibility index (Phi) is 7.49. The van der Waals surface area contributed by atoms with Crippen molar-refractivity contribution in [1.82, 2.24) is 14.5 Å². The Balaban J connectivity index is 1.30. The van der Waals surface area contributed by atoms with Crippen molar-refractivity contribution in [2.24, 2.45) is 11.8 Å². The number of benzene rings is 2. The number of para-hydroxylation sites is 2. The standard InChI is InChI=1S/C30H38N4O3/c1-4-37-29(36)24-8-7-15-33(19-24)28(35)23-13-16-32(17-14-23)30-31-26-9-5-6-10-27(26)34(30)20-25-18-21(2)11-12-22(25)3/h5-6,9-12,18,23-24H,4,7-8,13-17,19-20H2,1-3H3/t24-/m0/s1. The van der Waals surface area contributed by atoms with Gasteiger partial charge in [-0.1, -0.05) is 35.9 Å². The van der Waals surface area contributed by atoms with Crippen LogP contribution in [0.1, 0.15) is 49.3 Å². The molecule has 3 aromatic rings. The van der Waals surface area contributed by atoms with Gasteiger partial charge in [0.2, 0.25) is 11.9 Å². The summed E-state index contributed by atoms with van der Waals surface area (Å²) in [5, 5.41) is 0. The summed E-state index contributed by atoms with van der Waals surface area (Å²) in [7, 11) is 0. The van der Waals surface area contributed by atoms with Crippen molar-refractivity contribution in [3.63, 3.8) is 0 Å². The van der Waals surface area contributed by atoms with E-state index in [1.165, 1.54) is 16.7 Å². The molecular formula is C30H38N4O3. The number of nitrogens with zero attached hydrogens (tertiary/aromatic N) is 4. The Hall–Kier alpha value is -3.35. The Labute approximate surface area is 219 Å². The van der Waals surface area contributed by atoms with Crippen LogP contribution in [0.25, 0.3) is 11.0 Å². The summed E-state index contributed by atoms with van der Waals surface area (Å²) in [4.78, 5) is 34.9. The molecule has 0 aliphatic carbocycles. The SMILES string of the molecule is CCOC(=O)[C@H]1CCCN(C(=O)C2CCN(c3nc4ccccc4n3Cc3cc(C)ccc3C)CC2)C1. The van der Waals surface area contributed by atoms with Crippen molar-refractivity contribution >= 4 is 28.9 Å². The highest BCUT2D eigenvalue weighted by Crippen LogP contribution is 2.30. The van der Waals surface area contributed by atoms with Gasteiger partial charge in [0.15, 0.2) is 0 Å². The fraction of sp³-hybridized carbons (Fsp3) is 0.500. The maximum Gasteiger partial charge on any atom is 0.310 e. The number of carbonyl (C=O) groups excluding carboxylic acids is 2. The lowest BCUT2D eigenvalue weighted by Crippen LogP contribution is -2.48. The molecule has 2 saturated heterocycles. The lowest BCUT2D eigenvalue weighted by atomic mass is 9.92. The summed E-state index contributed by atoms with van der Waals surface area (Å²) < 4.78 is 7.54. The Morgan fingerprint density at radius 3 is 2.57 bits per heavy atom. The predicted molar refractivity (Wildman–Crippen MR) is 146 cm³/mol. The summed E-state index contributed by atoms with van der Waals surface area (Å²) in [6.07, 6.45) is 3.26. The van der Waals surface area contributed by atoms with Crippen molar-refractivity contribution in [3.05, 3.63) is 59.2 Å². The molecule has 37 heavy (non-hydrogen) atoms. The quantitative estimate of drug-likeness (QED) is 0.457. The van der Waals surface area contributed by atoms with E-state index in [1.807, 2.05) is 17.9 Å². The number of ether oxygens (including phenoxy) is 1. The summed E-state index contributed by atoms with van der Waals surface area (Å²) in [6.45, 7) is 10.1. The highest BCUT2D eigenvalue weighted by Gasteiger charge is 2.34. The molecule has 1 aromatic heterocycles. The van der Waals surface area contributed by atoms with Crippen LogP contribution >= 0.6 is 0 Å². The van der Waals surface area contributed by atoms with E-state index in [-0.39, 0.29) is 23.7 Å². The molecule has 0 unspecified atom stereocenters. The van der Waals surface area contributed by atoms with E-state index in [9.17, 15) is 9.59 Å². The van der Waals surface area contributed by atoms with Crippen LogP contribution in [0.15, 0.2) is 42.5 Å². The van der Waals surface area contributed by atoms with E-state index in [4.69, 9.17) is 9.72 Å². The third-order valence-corrected chi connectivity index (χ3v) is 7.95. The number of carbonyl (C=O) groups is 2. The number of aromatic nitrogens is 2. The van der Waals surface area contributed by atoms with Crippen LogP contribution in [0.5, 0.6) is 0 Å². The van der Waals surface area contributed by atoms with Gasteiger partial charge in [0, 0.05) is 32.1 Å². The third kappa shape index (κ3) is 5.36. The van der Waals surface area contributed by atoms with Crippen LogP contribution in [0, 0.1) is 25.7 Å². The van der Waals surface area contributed by atoms with Crippen molar-refractivity contribution < 1.29 is 14.3 Å². The molecule has 0 bridgehead atoms. The van der Waals surface area contributed by atoms with Gasteiger partial charge in [-0.2, -0.15) is 0 Å². The molecule has 3 heterocycles. The van der Waals surface area contributed by atoms with Gasteiger partial charge in [-0.3, -0.25) is 9.59 Å². The Morgan fingerprint density at radius 1 is 1.00 bits per heavy atom. The first-order chi connectivity index (χ1) is 17.9. The summed E-state index contributed by atoms with van der Waals surface area (Å²) in [5.74, 6) is 0.806. The van der Waals surface area contributed by atoms with Crippen LogP contribution in [-0.2, 0) is 20.9 Å². The molecule has 7 nitrogen and oxygen atoms in total. The van der Waals surface area contributed by atoms with E-state index >= 15 is 0 Å². The van der Waals surface area contributed by atoms with Crippen molar-refractivity contribution in [3.8, 4) is 0 Å². The summed E-state index contributed by atoms with van der Waals surface area (Å²) in [5.41, 5.74) is 5.97. The van der Waals surface area contributed by atoms with Crippen LogP contribution in [0.3, 0.4) is 0 Å². The highest BCUT2D eigenvalue weighted by molar-refractivity contribution is 5.81. The van der Waals surface area contributed by atoms with Gasteiger partial charge in [-0.15, -0.1) is 0 Å². The maximum absolute atomic E-state index is 13.4. The molecule has 2 fully saturated rings. The second-order valence-electron chi connectivity index (χ2n) is 10.6. The third-order valence-electron chi connectivity index (χ3n) is 7.95. The Bertz CT molecular complexity index is 1280. The zero-order valence-electron chi connectivity index (χ0n) is 22.3. The number of hydrogen-bond donors (Lipinski definition) is 0. The first-order valence-corrected chi connectivity index (χ1v) is 13.7. The minimum absolute atomic E-state index is 0.00552. The number of anilines is 1. The minimum Gasteiger partial charge on any atom is -0.466 e. The van der Waals surface area contributed by atoms with E-state index < -0.39 is 0 Å². The monoisotopic (exact) mass is 502 g/mol. The van der Waals surface area contributed by atoms with Gasteiger partial charge < -0.3 is 19.1 Å². The summed E-state index contributed by atoms with van der Waals surface area (Å²) in [6, 6.07) is 14.9. The average molecular weight is 503 g/mol. The summed E-state index contributed by atoms with van der Waals surface area (Å²) >= 11 is 0.